The van der Waals surface area contributed by atoms with Gasteiger partial charge in [0.15, 0.2) is 0 Å². The van der Waals surface area contributed by atoms with E-state index in [1.165, 1.54) is 12.1 Å². The van der Waals surface area contributed by atoms with Gasteiger partial charge in [-0.1, -0.05) is 12.1 Å². The predicted octanol–water partition coefficient (Wildman–Crippen LogP) is 1.57. The van der Waals surface area contributed by atoms with Crippen LogP contribution in [0.3, 0.4) is 0 Å². The Morgan fingerprint density at radius 1 is 1.28 bits per heavy atom. The standard InChI is InChI=1S/C14H19FN2O/c15-13-5-3-11(4-6-13)9-12(10-16)14(18)17-7-1-2-8-17/h3-6,12H,1-2,7-10,16H2. The molecule has 1 aromatic rings. The smallest absolute Gasteiger partial charge is 0.227 e. The van der Waals surface area contributed by atoms with Gasteiger partial charge >= 0.3 is 0 Å². The van der Waals surface area contributed by atoms with Gasteiger partial charge in [0, 0.05) is 19.6 Å². The van der Waals surface area contributed by atoms with E-state index < -0.39 is 0 Å². The molecule has 1 atom stereocenters. The van der Waals surface area contributed by atoms with Crippen molar-refractivity contribution in [2.45, 2.75) is 19.3 Å². The van der Waals surface area contributed by atoms with Crippen LogP contribution in [0.25, 0.3) is 0 Å². The quantitative estimate of drug-likeness (QED) is 0.881. The van der Waals surface area contributed by atoms with Crippen LogP contribution in [0.2, 0.25) is 0 Å². The van der Waals surface area contributed by atoms with Crippen LogP contribution < -0.4 is 5.73 Å². The van der Waals surface area contributed by atoms with Crippen molar-refractivity contribution in [2.75, 3.05) is 19.6 Å². The van der Waals surface area contributed by atoms with E-state index in [2.05, 4.69) is 0 Å². The fraction of sp³-hybridized carbons (Fsp3) is 0.500. The summed E-state index contributed by atoms with van der Waals surface area (Å²) in [5.74, 6) is -0.304. The van der Waals surface area contributed by atoms with Gasteiger partial charge in [-0.05, 0) is 37.0 Å². The SMILES string of the molecule is NCC(Cc1ccc(F)cc1)C(=O)N1CCCC1. The molecule has 4 heteroatoms. The van der Waals surface area contributed by atoms with Crippen molar-refractivity contribution in [3.63, 3.8) is 0 Å². The first-order valence-electron chi connectivity index (χ1n) is 6.44. The lowest BCUT2D eigenvalue weighted by Crippen LogP contribution is -2.38. The number of nitrogens with zero attached hydrogens (tertiary/aromatic N) is 1. The van der Waals surface area contributed by atoms with E-state index in [0.717, 1.165) is 31.5 Å². The van der Waals surface area contributed by atoms with Gasteiger partial charge in [-0.25, -0.2) is 4.39 Å². The molecule has 0 saturated carbocycles. The number of carbonyl (C=O) groups is 1. The molecule has 0 bridgehead atoms. The van der Waals surface area contributed by atoms with Crippen LogP contribution in [0.5, 0.6) is 0 Å². The molecule has 1 aliphatic heterocycles. The molecule has 1 aromatic carbocycles. The fourth-order valence-electron chi connectivity index (χ4n) is 2.37. The third-order valence-electron chi connectivity index (χ3n) is 3.45. The number of amides is 1. The molecule has 1 amide bonds. The molecule has 1 fully saturated rings. The Morgan fingerprint density at radius 3 is 2.44 bits per heavy atom. The molecule has 1 unspecified atom stereocenters. The first kappa shape index (κ1) is 13.0. The Kier molecular flexibility index (Phi) is 4.31. The summed E-state index contributed by atoms with van der Waals surface area (Å²) < 4.78 is 12.8. The third kappa shape index (κ3) is 3.07. The Labute approximate surface area is 107 Å². The molecule has 1 saturated heterocycles. The van der Waals surface area contributed by atoms with Crippen LogP contribution in [0, 0.1) is 11.7 Å². The van der Waals surface area contributed by atoms with Crippen molar-refractivity contribution in [3.05, 3.63) is 35.6 Å². The van der Waals surface area contributed by atoms with Gasteiger partial charge in [0.05, 0.1) is 5.92 Å². The summed E-state index contributed by atoms with van der Waals surface area (Å²) in [6.07, 6.45) is 2.76. The van der Waals surface area contributed by atoms with E-state index in [-0.39, 0.29) is 17.6 Å². The minimum Gasteiger partial charge on any atom is -0.342 e. The molecule has 3 nitrogen and oxygen atoms in total. The van der Waals surface area contributed by atoms with Gasteiger partial charge in [-0.3, -0.25) is 4.79 Å². The Balaban J connectivity index is 2.00. The highest BCUT2D eigenvalue weighted by atomic mass is 19.1. The number of nitrogens with two attached hydrogens (primary N) is 1. The second-order valence-corrected chi connectivity index (χ2v) is 4.80. The predicted molar refractivity (Wildman–Crippen MR) is 68.5 cm³/mol. The van der Waals surface area contributed by atoms with Gasteiger partial charge in [0.2, 0.25) is 5.91 Å². The van der Waals surface area contributed by atoms with E-state index in [9.17, 15) is 9.18 Å². The number of rotatable bonds is 4. The lowest BCUT2D eigenvalue weighted by Gasteiger charge is -2.22. The molecule has 1 heterocycles. The van der Waals surface area contributed by atoms with Crippen molar-refractivity contribution >= 4 is 5.91 Å². The van der Waals surface area contributed by atoms with Crippen molar-refractivity contribution in [2.24, 2.45) is 11.7 Å². The molecule has 0 aliphatic carbocycles. The average molecular weight is 250 g/mol. The highest BCUT2D eigenvalue weighted by molar-refractivity contribution is 5.79. The molecule has 18 heavy (non-hydrogen) atoms. The van der Waals surface area contributed by atoms with Crippen LogP contribution in [-0.4, -0.2) is 30.4 Å². The largest absolute Gasteiger partial charge is 0.342 e. The first-order valence-corrected chi connectivity index (χ1v) is 6.44. The summed E-state index contributed by atoms with van der Waals surface area (Å²) in [7, 11) is 0. The van der Waals surface area contributed by atoms with E-state index >= 15 is 0 Å². The molecular weight excluding hydrogens is 231 g/mol. The van der Waals surface area contributed by atoms with Gasteiger partial charge in [-0.2, -0.15) is 0 Å². The van der Waals surface area contributed by atoms with E-state index in [1.54, 1.807) is 12.1 Å². The summed E-state index contributed by atoms with van der Waals surface area (Å²) in [6, 6.07) is 6.27. The fourth-order valence-corrected chi connectivity index (χ4v) is 2.37. The maximum Gasteiger partial charge on any atom is 0.227 e. The van der Waals surface area contributed by atoms with Gasteiger partial charge in [0.1, 0.15) is 5.82 Å². The molecule has 0 spiro atoms. The maximum absolute atomic E-state index is 12.8. The van der Waals surface area contributed by atoms with E-state index in [0.29, 0.717) is 13.0 Å². The number of halogens is 1. The molecular formula is C14H19FN2O. The van der Waals surface area contributed by atoms with Crippen LogP contribution in [-0.2, 0) is 11.2 Å². The zero-order valence-corrected chi connectivity index (χ0v) is 10.4. The normalized spacial score (nSPS) is 16.9. The van der Waals surface area contributed by atoms with Gasteiger partial charge < -0.3 is 10.6 Å². The van der Waals surface area contributed by atoms with Crippen LogP contribution in [0.4, 0.5) is 4.39 Å². The summed E-state index contributed by atoms with van der Waals surface area (Å²) in [5.41, 5.74) is 6.66. The first-order chi connectivity index (χ1) is 8.70. The van der Waals surface area contributed by atoms with Gasteiger partial charge in [-0.15, -0.1) is 0 Å². The Bertz CT molecular complexity index is 399. The zero-order valence-electron chi connectivity index (χ0n) is 10.4. The lowest BCUT2D eigenvalue weighted by molar-refractivity contribution is -0.134. The average Bonchev–Trinajstić information content (AvgIpc) is 2.91. The summed E-state index contributed by atoms with van der Waals surface area (Å²) >= 11 is 0. The highest BCUT2D eigenvalue weighted by Crippen LogP contribution is 2.16. The molecule has 2 N–H and O–H groups in total. The Hall–Kier alpha value is -1.42. The molecule has 0 aromatic heterocycles. The van der Waals surface area contributed by atoms with E-state index in [1.807, 2.05) is 4.90 Å². The number of hydrogen-bond donors (Lipinski definition) is 1. The maximum atomic E-state index is 12.8. The van der Waals surface area contributed by atoms with Crippen molar-refractivity contribution in [1.82, 2.24) is 4.90 Å². The minimum atomic E-state index is -0.256. The van der Waals surface area contributed by atoms with Gasteiger partial charge in [0.25, 0.3) is 0 Å². The number of hydrogen-bond acceptors (Lipinski definition) is 2. The second-order valence-electron chi connectivity index (χ2n) is 4.80. The summed E-state index contributed by atoms with van der Waals surface area (Å²) in [4.78, 5) is 14.1. The third-order valence-corrected chi connectivity index (χ3v) is 3.45. The molecule has 98 valence electrons. The number of likely N-dealkylation sites (tertiary alicyclic amines) is 1. The Morgan fingerprint density at radius 2 is 1.89 bits per heavy atom. The summed E-state index contributed by atoms with van der Waals surface area (Å²) in [5, 5.41) is 0. The van der Waals surface area contributed by atoms with Crippen LogP contribution in [0.1, 0.15) is 18.4 Å². The van der Waals surface area contributed by atoms with Crippen molar-refractivity contribution in [1.29, 1.82) is 0 Å². The van der Waals surface area contributed by atoms with Crippen LogP contribution >= 0.6 is 0 Å². The second kappa shape index (κ2) is 5.96. The highest BCUT2D eigenvalue weighted by Gasteiger charge is 2.25. The molecule has 1 aliphatic rings. The monoisotopic (exact) mass is 250 g/mol. The molecule has 0 radical (unpaired) electrons. The minimum absolute atomic E-state index is 0.138. The van der Waals surface area contributed by atoms with Crippen LogP contribution in [0.15, 0.2) is 24.3 Å². The topological polar surface area (TPSA) is 46.3 Å². The number of carbonyl (C=O) groups excluding carboxylic acids is 1. The summed E-state index contributed by atoms with van der Waals surface area (Å²) in [6.45, 7) is 2.03. The van der Waals surface area contributed by atoms with Crippen molar-refractivity contribution in [3.8, 4) is 0 Å². The van der Waals surface area contributed by atoms with E-state index in [4.69, 9.17) is 5.73 Å². The number of benzene rings is 1. The zero-order chi connectivity index (χ0) is 13.0. The van der Waals surface area contributed by atoms with Crippen molar-refractivity contribution < 1.29 is 9.18 Å². The molecule has 2 rings (SSSR count). The lowest BCUT2D eigenvalue weighted by atomic mass is 9.98.